The second-order valence-corrected chi connectivity index (χ2v) is 11.2. The maximum atomic E-state index is 14.5. The molecule has 0 amide bonds. The molecule has 0 spiro atoms. The van der Waals surface area contributed by atoms with Crippen molar-refractivity contribution in [2.75, 3.05) is 0 Å². The molecule has 6 rings (SSSR count). The Kier molecular flexibility index (Phi) is 9.15. The molecule has 40 heavy (non-hydrogen) atoms. The SMILES string of the molecule is CC(=O)/C=C(/C)O.CC(C)Cc1cc(-c2nccc3c2sc2c(F)cccc23)[c-]c2ccc3ccccc3c12.[Ir]. The minimum absolute atomic E-state index is 0. The molecule has 0 saturated heterocycles. The Labute approximate surface area is 250 Å². The van der Waals surface area contributed by atoms with Crippen LogP contribution in [0.4, 0.5) is 4.39 Å². The molecule has 0 aliphatic rings. The Morgan fingerprint density at radius 1 is 1.00 bits per heavy atom. The van der Waals surface area contributed by atoms with E-state index in [0.717, 1.165) is 38.5 Å². The van der Waals surface area contributed by atoms with Gasteiger partial charge in [0.15, 0.2) is 5.78 Å². The molecule has 0 aliphatic carbocycles. The second kappa shape index (κ2) is 12.4. The third kappa shape index (κ3) is 6.00. The number of aliphatic hydroxyl groups is 1. The summed E-state index contributed by atoms with van der Waals surface area (Å²) in [6.07, 6.45) is 3.97. The quantitative estimate of drug-likeness (QED) is 0.0853. The Balaban J connectivity index is 0.000000413. The van der Waals surface area contributed by atoms with Crippen molar-refractivity contribution < 1.29 is 34.4 Å². The molecule has 0 aliphatic heterocycles. The van der Waals surface area contributed by atoms with Crippen LogP contribution in [0.1, 0.15) is 33.3 Å². The zero-order chi connectivity index (χ0) is 27.7. The third-order valence-electron chi connectivity index (χ3n) is 6.50. The Hall–Kier alpha value is -3.44. The van der Waals surface area contributed by atoms with E-state index in [4.69, 9.17) is 10.1 Å². The van der Waals surface area contributed by atoms with E-state index in [1.165, 1.54) is 59.0 Å². The number of nitrogens with zero attached hydrogens (tertiary/aromatic N) is 1. The van der Waals surface area contributed by atoms with Gasteiger partial charge in [0.25, 0.3) is 0 Å². The first-order chi connectivity index (χ1) is 18.7. The van der Waals surface area contributed by atoms with E-state index in [2.05, 4.69) is 62.4 Å². The van der Waals surface area contributed by atoms with Crippen LogP contribution in [0.25, 0.3) is 53.0 Å². The van der Waals surface area contributed by atoms with Gasteiger partial charge in [0, 0.05) is 48.2 Å². The van der Waals surface area contributed by atoms with Gasteiger partial charge in [0.2, 0.25) is 0 Å². The van der Waals surface area contributed by atoms with Gasteiger partial charge in [-0.25, -0.2) is 4.39 Å². The molecule has 1 radical (unpaired) electrons. The number of fused-ring (bicyclic) bond motifs is 6. The molecule has 3 nitrogen and oxygen atoms in total. The van der Waals surface area contributed by atoms with Crippen molar-refractivity contribution in [2.45, 2.75) is 34.1 Å². The summed E-state index contributed by atoms with van der Waals surface area (Å²) in [5, 5.41) is 15.2. The van der Waals surface area contributed by atoms with E-state index < -0.39 is 0 Å². The number of rotatable bonds is 4. The fourth-order valence-corrected chi connectivity index (χ4v) is 6.26. The summed E-state index contributed by atoms with van der Waals surface area (Å²) in [6, 6.07) is 26.0. The average Bonchev–Trinajstić information content (AvgIpc) is 3.28. The summed E-state index contributed by atoms with van der Waals surface area (Å²) < 4.78 is 16.2. The number of ketones is 1. The molecule has 6 heteroatoms. The normalized spacial score (nSPS) is 11.6. The van der Waals surface area contributed by atoms with Crippen LogP contribution < -0.4 is 0 Å². The number of pyridine rings is 1. The number of hydrogen-bond donors (Lipinski definition) is 1. The minimum atomic E-state index is -0.177. The van der Waals surface area contributed by atoms with Gasteiger partial charge in [-0.2, -0.15) is 0 Å². The smallest absolute Gasteiger partial charge is 0.155 e. The summed E-state index contributed by atoms with van der Waals surface area (Å²) in [5.74, 6) is 0.284. The number of thiophene rings is 1. The maximum absolute atomic E-state index is 14.5. The number of allylic oxidation sites excluding steroid dienone is 2. The predicted molar refractivity (Wildman–Crippen MR) is 162 cm³/mol. The Bertz CT molecular complexity index is 1890. The van der Waals surface area contributed by atoms with Gasteiger partial charge >= 0.3 is 0 Å². The number of carbonyl (C=O) groups is 1. The molecule has 0 atom stereocenters. The number of halogens is 1. The van der Waals surface area contributed by atoms with Crippen LogP contribution in [-0.2, 0) is 31.3 Å². The fraction of sp³-hybridized carbons (Fsp3) is 0.176. The number of benzene rings is 4. The topological polar surface area (TPSA) is 50.2 Å². The van der Waals surface area contributed by atoms with Crippen molar-refractivity contribution in [2.24, 2.45) is 5.92 Å². The van der Waals surface area contributed by atoms with Crippen LogP contribution in [0.2, 0.25) is 0 Å². The van der Waals surface area contributed by atoms with E-state index in [0.29, 0.717) is 10.6 Å². The second-order valence-electron chi connectivity index (χ2n) is 10.2. The maximum Gasteiger partial charge on any atom is 0.155 e. The van der Waals surface area contributed by atoms with E-state index in [1.54, 1.807) is 6.07 Å². The summed E-state index contributed by atoms with van der Waals surface area (Å²) in [7, 11) is 0. The average molecular weight is 727 g/mol. The minimum Gasteiger partial charge on any atom is -0.512 e. The molecule has 4 aromatic carbocycles. The molecular weight excluding hydrogens is 698 g/mol. The summed E-state index contributed by atoms with van der Waals surface area (Å²) >= 11 is 1.48. The molecular formula is C34H29FIrNO2S-. The molecule has 2 aromatic heterocycles. The van der Waals surface area contributed by atoms with Crippen LogP contribution in [0.3, 0.4) is 0 Å². The first kappa shape index (κ1) is 29.5. The molecule has 205 valence electrons. The third-order valence-corrected chi connectivity index (χ3v) is 7.74. The molecule has 1 N–H and O–H groups in total. The number of aromatic nitrogens is 1. The zero-order valence-corrected chi connectivity index (χ0v) is 25.9. The van der Waals surface area contributed by atoms with Gasteiger partial charge in [0.05, 0.1) is 10.5 Å². The summed E-state index contributed by atoms with van der Waals surface area (Å²) in [6.45, 7) is 7.35. The van der Waals surface area contributed by atoms with Crippen molar-refractivity contribution >= 4 is 58.8 Å². The predicted octanol–water partition coefficient (Wildman–Crippen LogP) is 9.60. The van der Waals surface area contributed by atoms with Crippen molar-refractivity contribution in [3.05, 3.63) is 102 Å². The molecule has 0 fully saturated rings. The summed E-state index contributed by atoms with van der Waals surface area (Å²) in [4.78, 5) is 14.8. The molecule has 0 unspecified atom stereocenters. The molecule has 0 saturated carbocycles. The Morgan fingerprint density at radius 2 is 1.73 bits per heavy atom. The van der Waals surface area contributed by atoms with Crippen molar-refractivity contribution in [3.63, 3.8) is 0 Å². The van der Waals surface area contributed by atoms with Crippen LogP contribution in [0.15, 0.2) is 84.8 Å². The monoisotopic (exact) mass is 727 g/mol. The molecule has 6 aromatic rings. The van der Waals surface area contributed by atoms with Gasteiger partial charge in [-0.15, -0.1) is 40.5 Å². The van der Waals surface area contributed by atoms with Gasteiger partial charge in [0.1, 0.15) is 5.82 Å². The van der Waals surface area contributed by atoms with Crippen LogP contribution >= 0.6 is 11.3 Å². The fourth-order valence-electron chi connectivity index (χ4n) is 5.05. The largest absolute Gasteiger partial charge is 0.512 e. The van der Waals surface area contributed by atoms with Crippen molar-refractivity contribution in [1.82, 2.24) is 4.98 Å². The Morgan fingerprint density at radius 3 is 2.42 bits per heavy atom. The molecule has 2 heterocycles. The van der Waals surface area contributed by atoms with Crippen LogP contribution in [-0.4, -0.2) is 15.9 Å². The van der Waals surface area contributed by atoms with Gasteiger partial charge in [-0.05, 0) is 54.5 Å². The van der Waals surface area contributed by atoms with Gasteiger partial charge in [-0.1, -0.05) is 67.3 Å². The van der Waals surface area contributed by atoms with E-state index in [-0.39, 0.29) is 37.5 Å². The van der Waals surface area contributed by atoms with Gasteiger partial charge in [-0.3, -0.25) is 9.78 Å². The van der Waals surface area contributed by atoms with Crippen molar-refractivity contribution in [1.29, 1.82) is 0 Å². The van der Waals surface area contributed by atoms with E-state index in [9.17, 15) is 9.18 Å². The van der Waals surface area contributed by atoms with E-state index >= 15 is 0 Å². The van der Waals surface area contributed by atoms with Gasteiger partial charge < -0.3 is 5.11 Å². The molecule has 0 bridgehead atoms. The van der Waals surface area contributed by atoms with Crippen LogP contribution in [0, 0.1) is 17.8 Å². The number of carbonyl (C=O) groups excluding carboxylic acids is 1. The van der Waals surface area contributed by atoms with E-state index in [1.807, 2.05) is 18.3 Å². The standard InChI is InChI=1S/C29H21FNS.C5H8O2.Ir/c1-17(2)14-20-16-21(15-19-11-10-18-6-3-4-7-22(18)26(19)20)27-29-24(12-13-31-27)23-8-5-9-25(30)28(23)32-29;1-4(6)3-5(2)7;/h3-13,16-17H,14H2,1-2H3;3,6H,1-2H3;/q-1;;/b;4-3-;. The number of aliphatic hydroxyl groups excluding tert-OH is 1. The van der Waals surface area contributed by atoms with Crippen molar-refractivity contribution in [3.8, 4) is 11.3 Å². The first-order valence-electron chi connectivity index (χ1n) is 12.9. The number of hydrogen-bond acceptors (Lipinski definition) is 4. The van der Waals surface area contributed by atoms with Crippen LogP contribution in [0.5, 0.6) is 0 Å². The zero-order valence-electron chi connectivity index (χ0n) is 22.7. The summed E-state index contributed by atoms with van der Waals surface area (Å²) in [5.41, 5.74) is 3.16. The first-order valence-corrected chi connectivity index (χ1v) is 13.7.